The van der Waals surface area contributed by atoms with Gasteiger partial charge in [-0.05, 0) is 25.5 Å². The van der Waals surface area contributed by atoms with Gasteiger partial charge in [0.05, 0.1) is 5.69 Å². The standard InChI is InChI=1S/C13H16F2N2O4/c1-3-13(2,10(18)19)17-12(20)16-8-6-4-5-7-9(8)21-11(14)15/h4-7,11H,3H2,1-2H3,(H,18,19)(H2,16,17,20). The van der Waals surface area contributed by atoms with Crippen molar-refractivity contribution in [3.63, 3.8) is 0 Å². The lowest BCUT2D eigenvalue weighted by molar-refractivity contribution is -0.143. The first-order valence-electron chi connectivity index (χ1n) is 6.15. The second-order valence-corrected chi connectivity index (χ2v) is 4.44. The fraction of sp³-hybridized carbons (Fsp3) is 0.385. The van der Waals surface area contributed by atoms with E-state index in [0.29, 0.717) is 0 Å². The zero-order valence-electron chi connectivity index (χ0n) is 11.5. The van der Waals surface area contributed by atoms with Crippen molar-refractivity contribution in [2.24, 2.45) is 0 Å². The van der Waals surface area contributed by atoms with E-state index in [2.05, 4.69) is 15.4 Å². The third-order valence-corrected chi connectivity index (χ3v) is 2.92. The van der Waals surface area contributed by atoms with Crippen LogP contribution in [0, 0.1) is 0 Å². The molecule has 0 fully saturated rings. The number of alkyl halides is 2. The number of benzene rings is 1. The summed E-state index contributed by atoms with van der Waals surface area (Å²) in [5.41, 5.74) is -1.44. The number of carbonyl (C=O) groups is 2. The lowest BCUT2D eigenvalue weighted by atomic mass is 10.00. The highest BCUT2D eigenvalue weighted by molar-refractivity contribution is 5.94. The van der Waals surface area contributed by atoms with Gasteiger partial charge in [-0.1, -0.05) is 19.1 Å². The topological polar surface area (TPSA) is 87.7 Å². The molecule has 21 heavy (non-hydrogen) atoms. The summed E-state index contributed by atoms with van der Waals surface area (Å²) in [6.07, 6.45) is 0.158. The molecule has 0 saturated heterocycles. The van der Waals surface area contributed by atoms with Crippen LogP contribution in [0.2, 0.25) is 0 Å². The minimum absolute atomic E-state index is 0.0131. The molecule has 0 radical (unpaired) electrons. The van der Waals surface area contributed by atoms with Crippen molar-refractivity contribution in [3.8, 4) is 5.75 Å². The second kappa shape index (κ2) is 6.87. The van der Waals surface area contributed by atoms with Crippen molar-refractivity contribution < 1.29 is 28.2 Å². The number of ether oxygens (including phenoxy) is 1. The number of halogens is 2. The molecule has 0 saturated carbocycles. The number of carbonyl (C=O) groups excluding carboxylic acids is 1. The number of hydrogen-bond acceptors (Lipinski definition) is 3. The summed E-state index contributed by atoms with van der Waals surface area (Å²) in [6.45, 7) is -0.0884. The number of amides is 2. The Bertz CT molecular complexity index is 525. The van der Waals surface area contributed by atoms with Gasteiger partial charge in [0, 0.05) is 0 Å². The molecule has 0 aliphatic heterocycles. The number of carboxylic acid groups (broad SMARTS) is 1. The molecule has 2 amide bonds. The Morgan fingerprint density at radius 3 is 2.52 bits per heavy atom. The van der Waals surface area contributed by atoms with Gasteiger partial charge in [-0.2, -0.15) is 8.78 Å². The van der Waals surface area contributed by atoms with E-state index in [1.807, 2.05) is 0 Å². The molecule has 1 atom stereocenters. The number of para-hydroxylation sites is 2. The predicted octanol–water partition coefficient (Wildman–Crippen LogP) is 2.66. The van der Waals surface area contributed by atoms with E-state index in [9.17, 15) is 18.4 Å². The van der Waals surface area contributed by atoms with Crippen molar-refractivity contribution in [2.75, 3.05) is 5.32 Å². The molecule has 116 valence electrons. The summed E-state index contributed by atoms with van der Waals surface area (Å²) in [7, 11) is 0. The normalized spacial score (nSPS) is 13.4. The molecule has 1 aromatic rings. The average Bonchev–Trinajstić information content (AvgIpc) is 2.40. The molecule has 3 N–H and O–H groups in total. The summed E-state index contributed by atoms with van der Waals surface area (Å²) in [5, 5.41) is 13.6. The van der Waals surface area contributed by atoms with Gasteiger partial charge in [0.1, 0.15) is 11.3 Å². The van der Waals surface area contributed by atoms with Crippen LogP contribution in [0.25, 0.3) is 0 Å². The Kier molecular flexibility index (Phi) is 5.45. The van der Waals surface area contributed by atoms with Gasteiger partial charge in [0.25, 0.3) is 0 Å². The number of anilines is 1. The Morgan fingerprint density at radius 2 is 2.00 bits per heavy atom. The molecule has 6 nitrogen and oxygen atoms in total. The average molecular weight is 302 g/mol. The SMILES string of the molecule is CCC(C)(NC(=O)Nc1ccccc1OC(F)F)C(=O)O. The Balaban J connectivity index is 2.82. The highest BCUT2D eigenvalue weighted by Gasteiger charge is 2.32. The van der Waals surface area contributed by atoms with E-state index >= 15 is 0 Å². The van der Waals surface area contributed by atoms with E-state index in [1.54, 1.807) is 6.92 Å². The van der Waals surface area contributed by atoms with E-state index in [4.69, 9.17) is 5.11 Å². The van der Waals surface area contributed by atoms with Crippen molar-refractivity contribution >= 4 is 17.7 Å². The first-order chi connectivity index (χ1) is 9.78. The zero-order valence-corrected chi connectivity index (χ0v) is 11.5. The van der Waals surface area contributed by atoms with Crippen LogP contribution in [-0.4, -0.2) is 29.3 Å². The van der Waals surface area contributed by atoms with Gasteiger partial charge in [0.2, 0.25) is 0 Å². The Labute approximate surface area is 120 Å². The van der Waals surface area contributed by atoms with E-state index in [1.165, 1.54) is 31.2 Å². The summed E-state index contributed by atoms with van der Waals surface area (Å²) in [5.74, 6) is -1.41. The number of carboxylic acids is 1. The van der Waals surface area contributed by atoms with Crippen LogP contribution >= 0.6 is 0 Å². The van der Waals surface area contributed by atoms with Crippen LogP contribution in [-0.2, 0) is 4.79 Å². The van der Waals surface area contributed by atoms with E-state index in [0.717, 1.165) is 0 Å². The molecule has 0 aliphatic carbocycles. The van der Waals surface area contributed by atoms with Gasteiger partial charge in [-0.15, -0.1) is 0 Å². The molecular weight excluding hydrogens is 286 g/mol. The lowest BCUT2D eigenvalue weighted by Gasteiger charge is -2.24. The monoisotopic (exact) mass is 302 g/mol. The third kappa shape index (κ3) is 4.59. The molecule has 0 aliphatic rings. The summed E-state index contributed by atoms with van der Waals surface area (Å²) >= 11 is 0. The molecule has 0 spiro atoms. The lowest BCUT2D eigenvalue weighted by Crippen LogP contribution is -2.53. The maximum Gasteiger partial charge on any atom is 0.387 e. The highest BCUT2D eigenvalue weighted by Crippen LogP contribution is 2.25. The minimum Gasteiger partial charge on any atom is -0.480 e. The van der Waals surface area contributed by atoms with Gasteiger partial charge in [0.15, 0.2) is 0 Å². The third-order valence-electron chi connectivity index (χ3n) is 2.92. The first kappa shape index (κ1) is 16.7. The largest absolute Gasteiger partial charge is 0.480 e. The van der Waals surface area contributed by atoms with Crippen LogP contribution in [0.5, 0.6) is 5.75 Å². The fourth-order valence-electron chi connectivity index (χ4n) is 1.47. The minimum atomic E-state index is -3.03. The van der Waals surface area contributed by atoms with E-state index < -0.39 is 24.2 Å². The smallest absolute Gasteiger partial charge is 0.387 e. The molecule has 1 rings (SSSR count). The molecular formula is C13H16F2N2O4. The maximum atomic E-state index is 12.2. The molecule has 1 unspecified atom stereocenters. The zero-order chi connectivity index (χ0) is 16.0. The second-order valence-electron chi connectivity index (χ2n) is 4.44. The van der Waals surface area contributed by atoms with Crippen LogP contribution in [0.15, 0.2) is 24.3 Å². The molecule has 0 bridgehead atoms. The van der Waals surface area contributed by atoms with Gasteiger partial charge < -0.3 is 20.5 Å². The Hall–Kier alpha value is -2.38. The summed E-state index contributed by atoms with van der Waals surface area (Å²) < 4.78 is 28.7. The quantitative estimate of drug-likeness (QED) is 0.754. The molecule has 1 aromatic carbocycles. The highest BCUT2D eigenvalue weighted by atomic mass is 19.3. The van der Waals surface area contributed by atoms with Gasteiger partial charge in [-0.25, -0.2) is 9.59 Å². The molecule has 0 heterocycles. The van der Waals surface area contributed by atoms with Crippen LogP contribution < -0.4 is 15.4 Å². The van der Waals surface area contributed by atoms with Crippen LogP contribution in [0.4, 0.5) is 19.3 Å². The number of urea groups is 1. The number of rotatable bonds is 6. The number of nitrogens with one attached hydrogen (secondary N) is 2. The number of aliphatic carboxylic acids is 1. The van der Waals surface area contributed by atoms with E-state index in [-0.39, 0.29) is 17.9 Å². The van der Waals surface area contributed by atoms with Crippen molar-refractivity contribution in [3.05, 3.63) is 24.3 Å². The fourth-order valence-corrected chi connectivity index (χ4v) is 1.47. The van der Waals surface area contributed by atoms with Crippen molar-refractivity contribution in [1.82, 2.24) is 5.32 Å². The van der Waals surface area contributed by atoms with Crippen molar-refractivity contribution in [1.29, 1.82) is 0 Å². The molecule has 8 heteroatoms. The van der Waals surface area contributed by atoms with Crippen LogP contribution in [0.1, 0.15) is 20.3 Å². The van der Waals surface area contributed by atoms with Crippen molar-refractivity contribution in [2.45, 2.75) is 32.4 Å². The maximum absolute atomic E-state index is 12.2. The molecule has 0 aromatic heterocycles. The first-order valence-corrected chi connectivity index (χ1v) is 6.15. The van der Waals surface area contributed by atoms with Gasteiger partial charge in [-0.3, -0.25) is 0 Å². The Morgan fingerprint density at radius 1 is 1.38 bits per heavy atom. The number of hydrogen-bond donors (Lipinski definition) is 3. The van der Waals surface area contributed by atoms with Crippen LogP contribution in [0.3, 0.4) is 0 Å². The predicted molar refractivity (Wildman–Crippen MR) is 71.6 cm³/mol. The summed E-state index contributed by atoms with van der Waals surface area (Å²) in [4.78, 5) is 22.9. The summed E-state index contributed by atoms with van der Waals surface area (Å²) in [6, 6.07) is 4.78. The van der Waals surface area contributed by atoms with Gasteiger partial charge >= 0.3 is 18.6 Å².